The summed E-state index contributed by atoms with van der Waals surface area (Å²) in [7, 11) is 0. The second-order valence-electron chi connectivity index (χ2n) is 6.67. The van der Waals surface area contributed by atoms with E-state index in [4.69, 9.17) is 11.5 Å². The summed E-state index contributed by atoms with van der Waals surface area (Å²) in [5.41, 5.74) is 15.9. The normalized spacial score (nSPS) is 10.4. The molecule has 1 aromatic heterocycles. The Hall–Kier alpha value is -3.05. The minimum absolute atomic E-state index is 0.0596. The zero-order valence-electron chi connectivity index (χ0n) is 15.8. The molecule has 0 spiro atoms. The summed E-state index contributed by atoms with van der Waals surface area (Å²) < 4.78 is 0. The van der Waals surface area contributed by atoms with Gasteiger partial charge in [-0.05, 0) is 59.4 Å². The van der Waals surface area contributed by atoms with Gasteiger partial charge in [-0.15, -0.1) is 0 Å². The zero-order valence-corrected chi connectivity index (χ0v) is 15.8. The number of anilines is 1. The second kappa shape index (κ2) is 9.59. The summed E-state index contributed by atoms with van der Waals surface area (Å²) in [6.07, 6.45) is 4.56. The van der Waals surface area contributed by atoms with Gasteiger partial charge < -0.3 is 21.7 Å². The van der Waals surface area contributed by atoms with Gasteiger partial charge in [-0.25, -0.2) is 0 Å². The van der Waals surface area contributed by atoms with E-state index in [1.54, 1.807) is 6.07 Å². The minimum Gasteiger partial charge on any atom is -0.508 e. The quantitative estimate of drug-likeness (QED) is 0.524. The summed E-state index contributed by atoms with van der Waals surface area (Å²) >= 11 is 0. The van der Waals surface area contributed by atoms with Crippen molar-refractivity contribution in [2.24, 2.45) is 5.73 Å². The first kappa shape index (κ1) is 20.3. The van der Waals surface area contributed by atoms with E-state index in [1.165, 1.54) is 17.2 Å². The third-order valence-electron chi connectivity index (χ3n) is 4.21. The Morgan fingerprint density at radius 3 is 2.04 bits per heavy atom. The lowest BCUT2D eigenvalue weighted by atomic mass is 9.99. The lowest BCUT2D eigenvalue weighted by Crippen LogP contribution is -1.99. The van der Waals surface area contributed by atoms with Crippen LogP contribution >= 0.6 is 0 Å². The predicted molar refractivity (Wildman–Crippen MR) is 110 cm³/mol. The summed E-state index contributed by atoms with van der Waals surface area (Å²) in [6, 6.07) is 15.1. The van der Waals surface area contributed by atoms with Gasteiger partial charge in [0.2, 0.25) is 0 Å². The SMILES string of the molecule is CC(C)c1cc(CN)c(O)cc1O.Nc1ccc(Cc2ccncc2)cc1. The van der Waals surface area contributed by atoms with Gasteiger partial charge in [0.05, 0.1) is 0 Å². The summed E-state index contributed by atoms with van der Waals surface area (Å²) in [5, 5.41) is 18.8. The van der Waals surface area contributed by atoms with E-state index in [1.807, 2.05) is 50.5 Å². The maximum atomic E-state index is 9.48. The summed E-state index contributed by atoms with van der Waals surface area (Å²) in [4.78, 5) is 3.98. The van der Waals surface area contributed by atoms with Crippen molar-refractivity contribution in [3.8, 4) is 11.5 Å². The molecule has 5 heteroatoms. The van der Waals surface area contributed by atoms with Crippen LogP contribution in [0.25, 0.3) is 0 Å². The monoisotopic (exact) mass is 365 g/mol. The van der Waals surface area contributed by atoms with E-state index in [0.717, 1.165) is 17.7 Å². The van der Waals surface area contributed by atoms with Crippen molar-refractivity contribution in [1.29, 1.82) is 0 Å². The highest BCUT2D eigenvalue weighted by Gasteiger charge is 2.10. The number of hydrogen-bond donors (Lipinski definition) is 4. The molecule has 0 unspecified atom stereocenters. The van der Waals surface area contributed by atoms with Crippen LogP contribution in [0.2, 0.25) is 0 Å². The molecule has 0 radical (unpaired) electrons. The molecule has 0 amide bonds. The Balaban J connectivity index is 0.000000194. The Morgan fingerprint density at radius 2 is 1.48 bits per heavy atom. The molecule has 3 aromatic rings. The molecule has 6 N–H and O–H groups in total. The Kier molecular flexibility index (Phi) is 7.20. The van der Waals surface area contributed by atoms with Crippen molar-refractivity contribution in [2.75, 3.05) is 5.73 Å². The molecule has 142 valence electrons. The van der Waals surface area contributed by atoms with Gasteiger partial charge in [-0.1, -0.05) is 26.0 Å². The predicted octanol–water partition coefficient (Wildman–Crippen LogP) is 3.93. The maximum Gasteiger partial charge on any atom is 0.123 e. The lowest BCUT2D eigenvalue weighted by Gasteiger charge is -2.11. The van der Waals surface area contributed by atoms with Gasteiger partial charge in [-0.2, -0.15) is 0 Å². The van der Waals surface area contributed by atoms with E-state index < -0.39 is 0 Å². The maximum absolute atomic E-state index is 9.48. The van der Waals surface area contributed by atoms with Crippen LogP contribution in [0.3, 0.4) is 0 Å². The minimum atomic E-state index is 0.0596. The van der Waals surface area contributed by atoms with Crippen molar-refractivity contribution in [3.63, 3.8) is 0 Å². The molecule has 3 rings (SSSR count). The van der Waals surface area contributed by atoms with Crippen LogP contribution < -0.4 is 11.5 Å². The molecule has 2 aromatic carbocycles. The van der Waals surface area contributed by atoms with E-state index in [0.29, 0.717) is 5.56 Å². The second-order valence-corrected chi connectivity index (χ2v) is 6.67. The molecule has 0 saturated carbocycles. The first-order valence-corrected chi connectivity index (χ1v) is 8.88. The van der Waals surface area contributed by atoms with E-state index in [9.17, 15) is 10.2 Å². The third-order valence-corrected chi connectivity index (χ3v) is 4.21. The van der Waals surface area contributed by atoms with Crippen molar-refractivity contribution in [2.45, 2.75) is 32.7 Å². The number of nitrogen functional groups attached to an aromatic ring is 1. The average molecular weight is 365 g/mol. The third kappa shape index (κ3) is 6.01. The smallest absolute Gasteiger partial charge is 0.123 e. The van der Waals surface area contributed by atoms with Crippen LogP contribution in [0.5, 0.6) is 11.5 Å². The molecule has 0 saturated heterocycles. The molecule has 0 fully saturated rings. The largest absolute Gasteiger partial charge is 0.508 e. The highest BCUT2D eigenvalue weighted by atomic mass is 16.3. The number of phenols is 2. The molecular formula is C22H27N3O2. The van der Waals surface area contributed by atoms with Gasteiger partial charge in [0.1, 0.15) is 11.5 Å². The lowest BCUT2D eigenvalue weighted by molar-refractivity contribution is 0.440. The number of nitrogens with two attached hydrogens (primary N) is 2. The Labute approximate surface area is 160 Å². The molecule has 5 nitrogen and oxygen atoms in total. The van der Waals surface area contributed by atoms with Crippen LogP contribution in [0.1, 0.15) is 42.0 Å². The first-order valence-electron chi connectivity index (χ1n) is 8.88. The highest BCUT2D eigenvalue weighted by molar-refractivity contribution is 5.46. The van der Waals surface area contributed by atoms with E-state index >= 15 is 0 Å². The number of nitrogens with zero attached hydrogens (tertiary/aromatic N) is 1. The Bertz CT molecular complexity index is 847. The van der Waals surface area contributed by atoms with Gasteiger partial charge in [0, 0.05) is 36.3 Å². The number of hydrogen-bond acceptors (Lipinski definition) is 5. The number of aromatic hydroxyl groups is 2. The van der Waals surface area contributed by atoms with Crippen LogP contribution in [0.15, 0.2) is 60.9 Å². The fraction of sp³-hybridized carbons (Fsp3) is 0.227. The summed E-state index contributed by atoms with van der Waals surface area (Å²) in [6.45, 7) is 4.24. The molecular weight excluding hydrogens is 338 g/mol. The van der Waals surface area contributed by atoms with Crippen LogP contribution in [-0.2, 0) is 13.0 Å². The topological polar surface area (TPSA) is 105 Å². The van der Waals surface area contributed by atoms with Gasteiger partial charge >= 0.3 is 0 Å². The van der Waals surface area contributed by atoms with Crippen molar-refractivity contribution < 1.29 is 10.2 Å². The zero-order chi connectivity index (χ0) is 19.8. The van der Waals surface area contributed by atoms with Crippen LogP contribution in [0, 0.1) is 0 Å². The molecule has 0 aliphatic carbocycles. The van der Waals surface area contributed by atoms with Crippen LogP contribution in [-0.4, -0.2) is 15.2 Å². The summed E-state index contributed by atoms with van der Waals surface area (Å²) in [5.74, 6) is 0.417. The number of pyridine rings is 1. The molecule has 0 aliphatic heterocycles. The van der Waals surface area contributed by atoms with Gasteiger partial charge in [0.15, 0.2) is 0 Å². The van der Waals surface area contributed by atoms with E-state index in [2.05, 4.69) is 17.1 Å². The van der Waals surface area contributed by atoms with Crippen molar-refractivity contribution in [1.82, 2.24) is 4.98 Å². The van der Waals surface area contributed by atoms with Gasteiger partial charge in [0.25, 0.3) is 0 Å². The molecule has 1 heterocycles. The van der Waals surface area contributed by atoms with Crippen LogP contribution in [0.4, 0.5) is 5.69 Å². The molecule has 0 aliphatic rings. The van der Waals surface area contributed by atoms with Gasteiger partial charge in [-0.3, -0.25) is 4.98 Å². The fourth-order valence-electron chi connectivity index (χ4n) is 2.64. The highest BCUT2D eigenvalue weighted by Crippen LogP contribution is 2.31. The average Bonchev–Trinajstić information content (AvgIpc) is 2.65. The fourth-order valence-corrected chi connectivity index (χ4v) is 2.64. The molecule has 27 heavy (non-hydrogen) atoms. The first-order chi connectivity index (χ1) is 12.9. The number of rotatable bonds is 4. The number of benzene rings is 2. The standard InChI is InChI=1S/C12H12N2.C10H15NO2/c13-12-3-1-10(2-4-12)9-11-5-7-14-8-6-11;1-6(2)8-3-7(5-11)9(12)4-10(8)13/h1-8H,9,13H2;3-4,6,12-13H,5,11H2,1-2H3. The number of phenolic OH excluding ortho intramolecular Hbond substituents is 2. The van der Waals surface area contributed by atoms with Crippen molar-refractivity contribution >= 4 is 5.69 Å². The molecule has 0 bridgehead atoms. The van der Waals surface area contributed by atoms with E-state index in [-0.39, 0.29) is 24.0 Å². The Morgan fingerprint density at radius 1 is 0.889 bits per heavy atom. The number of aromatic nitrogens is 1. The molecule has 0 atom stereocenters. The van der Waals surface area contributed by atoms with Crippen molar-refractivity contribution in [3.05, 3.63) is 83.2 Å².